The first kappa shape index (κ1) is 15.5. The van der Waals surface area contributed by atoms with Crippen LogP contribution in [0, 0.1) is 5.92 Å². The van der Waals surface area contributed by atoms with E-state index >= 15 is 0 Å². The van der Waals surface area contributed by atoms with Crippen LogP contribution in [0.1, 0.15) is 19.1 Å². The highest BCUT2D eigenvalue weighted by molar-refractivity contribution is 7.89. The maximum atomic E-state index is 12.1. The SMILES string of the molecule is CCNCc1ccc(S(=O)(=O)NCC2CCN(C)C2)o1. The van der Waals surface area contributed by atoms with Gasteiger partial charge in [0.1, 0.15) is 5.76 Å². The van der Waals surface area contributed by atoms with E-state index in [1.165, 1.54) is 6.07 Å². The molecular formula is C13H23N3O3S. The third-order valence-electron chi connectivity index (χ3n) is 3.50. The fourth-order valence-corrected chi connectivity index (χ4v) is 3.40. The van der Waals surface area contributed by atoms with Gasteiger partial charge < -0.3 is 14.6 Å². The first-order chi connectivity index (χ1) is 9.51. The monoisotopic (exact) mass is 301 g/mol. The second-order valence-electron chi connectivity index (χ2n) is 5.27. The molecule has 1 aromatic rings. The topological polar surface area (TPSA) is 74.6 Å². The molecule has 1 aliphatic heterocycles. The molecule has 2 rings (SSSR count). The molecule has 1 fully saturated rings. The predicted octanol–water partition coefficient (Wildman–Crippen LogP) is 0.619. The van der Waals surface area contributed by atoms with Gasteiger partial charge in [0.25, 0.3) is 10.0 Å². The minimum absolute atomic E-state index is 0.00301. The van der Waals surface area contributed by atoms with Gasteiger partial charge in [0.2, 0.25) is 5.09 Å². The summed E-state index contributed by atoms with van der Waals surface area (Å²) in [6.07, 6.45) is 1.03. The van der Waals surface area contributed by atoms with Crippen LogP contribution in [0.25, 0.3) is 0 Å². The van der Waals surface area contributed by atoms with E-state index in [9.17, 15) is 8.42 Å². The van der Waals surface area contributed by atoms with Crippen LogP contribution < -0.4 is 10.0 Å². The zero-order chi connectivity index (χ0) is 14.6. The van der Waals surface area contributed by atoms with Crippen molar-refractivity contribution in [3.05, 3.63) is 17.9 Å². The van der Waals surface area contributed by atoms with Crippen molar-refractivity contribution in [1.29, 1.82) is 0 Å². The van der Waals surface area contributed by atoms with Crippen molar-refractivity contribution in [3.8, 4) is 0 Å². The number of likely N-dealkylation sites (tertiary alicyclic amines) is 1. The van der Waals surface area contributed by atoms with Crippen LogP contribution >= 0.6 is 0 Å². The summed E-state index contributed by atoms with van der Waals surface area (Å²) >= 11 is 0. The number of hydrogen-bond acceptors (Lipinski definition) is 5. The number of rotatable bonds is 7. The first-order valence-electron chi connectivity index (χ1n) is 6.99. The fraction of sp³-hybridized carbons (Fsp3) is 0.692. The lowest BCUT2D eigenvalue weighted by molar-refractivity contribution is 0.388. The van der Waals surface area contributed by atoms with Gasteiger partial charge in [0.15, 0.2) is 0 Å². The lowest BCUT2D eigenvalue weighted by atomic mass is 10.1. The Labute approximate surface area is 120 Å². The average Bonchev–Trinajstić information content (AvgIpc) is 3.03. The zero-order valence-corrected chi connectivity index (χ0v) is 12.9. The molecule has 1 unspecified atom stereocenters. The van der Waals surface area contributed by atoms with Crippen LogP contribution in [-0.4, -0.2) is 46.5 Å². The van der Waals surface area contributed by atoms with Crippen molar-refractivity contribution < 1.29 is 12.8 Å². The van der Waals surface area contributed by atoms with E-state index in [1.807, 2.05) is 14.0 Å². The molecule has 0 spiro atoms. The molecule has 6 nitrogen and oxygen atoms in total. The minimum Gasteiger partial charge on any atom is -0.447 e. The molecule has 2 heterocycles. The molecule has 0 aliphatic carbocycles. The minimum atomic E-state index is -3.53. The molecule has 1 aromatic heterocycles. The summed E-state index contributed by atoms with van der Waals surface area (Å²) in [7, 11) is -1.48. The van der Waals surface area contributed by atoms with Crippen molar-refractivity contribution in [2.45, 2.75) is 25.0 Å². The lowest BCUT2D eigenvalue weighted by Gasteiger charge is -2.11. The Balaban J connectivity index is 1.90. The summed E-state index contributed by atoms with van der Waals surface area (Å²) < 4.78 is 32.2. The number of nitrogens with zero attached hydrogens (tertiary/aromatic N) is 1. The zero-order valence-electron chi connectivity index (χ0n) is 12.1. The molecule has 114 valence electrons. The normalized spacial score (nSPS) is 20.6. The van der Waals surface area contributed by atoms with Gasteiger partial charge in [-0.2, -0.15) is 0 Å². The van der Waals surface area contributed by atoms with Gasteiger partial charge in [-0.1, -0.05) is 6.92 Å². The molecule has 20 heavy (non-hydrogen) atoms. The number of hydrogen-bond donors (Lipinski definition) is 2. The molecule has 0 bridgehead atoms. The van der Waals surface area contributed by atoms with E-state index in [2.05, 4.69) is 14.9 Å². The summed E-state index contributed by atoms with van der Waals surface area (Å²) in [5, 5.41) is 3.09. The van der Waals surface area contributed by atoms with E-state index in [-0.39, 0.29) is 5.09 Å². The maximum absolute atomic E-state index is 12.1. The van der Waals surface area contributed by atoms with Crippen molar-refractivity contribution in [2.75, 3.05) is 33.2 Å². The second-order valence-corrected chi connectivity index (χ2v) is 6.97. The molecule has 1 aliphatic rings. The Bertz CT molecular complexity index is 527. The summed E-state index contributed by atoms with van der Waals surface area (Å²) in [4.78, 5) is 2.21. The van der Waals surface area contributed by atoms with E-state index < -0.39 is 10.0 Å². The maximum Gasteiger partial charge on any atom is 0.273 e. The fourth-order valence-electron chi connectivity index (χ4n) is 2.34. The number of sulfonamides is 1. The van der Waals surface area contributed by atoms with Crippen LogP contribution in [0.15, 0.2) is 21.6 Å². The third-order valence-corrected chi connectivity index (χ3v) is 4.80. The standard InChI is InChI=1S/C13H23N3O3S/c1-3-14-9-12-4-5-13(19-12)20(17,18)15-8-11-6-7-16(2)10-11/h4-5,11,14-15H,3,6-10H2,1-2H3. The van der Waals surface area contributed by atoms with Crippen LogP contribution in [0.3, 0.4) is 0 Å². The van der Waals surface area contributed by atoms with Crippen LogP contribution in [0.4, 0.5) is 0 Å². The number of nitrogens with one attached hydrogen (secondary N) is 2. The molecule has 2 N–H and O–H groups in total. The molecule has 1 saturated heterocycles. The Morgan fingerprint density at radius 1 is 1.45 bits per heavy atom. The second kappa shape index (κ2) is 6.71. The van der Waals surface area contributed by atoms with Crippen LogP contribution in [0.2, 0.25) is 0 Å². The third kappa shape index (κ3) is 4.05. The highest BCUT2D eigenvalue weighted by Crippen LogP contribution is 2.16. The number of furan rings is 1. The molecule has 0 radical (unpaired) electrons. The Morgan fingerprint density at radius 2 is 2.25 bits per heavy atom. The molecule has 0 aromatic carbocycles. The van der Waals surface area contributed by atoms with Crippen LogP contribution in [-0.2, 0) is 16.6 Å². The van der Waals surface area contributed by atoms with Gasteiger partial charge in [0, 0.05) is 13.1 Å². The molecular weight excluding hydrogens is 278 g/mol. The quantitative estimate of drug-likeness (QED) is 0.772. The largest absolute Gasteiger partial charge is 0.447 e. The van der Waals surface area contributed by atoms with Crippen LogP contribution in [0.5, 0.6) is 0 Å². The Kier molecular flexibility index (Phi) is 5.20. The molecule has 7 heteroatoms. The summed E-state index contributed by atoms with van der Waals surface area (Å²) in [5.41, 5.74) is 0. The lowest BCUT2D eigenvalue weighted by Crippen LogP contribution is -2.30. The smallest absolute Gasteiger partial charge is 0.273 e. The van der Waals surface area contributed by atoms with E-state index in [0.29, 0.717) is 24.8 Å². The predicted molar refractivity (Wildman–Crippen MR) is 76.9 cm³/mol. The molecule has 0 saturated carbocycles. The summed E-state index contributed by atoms with van der Waals surface area (Å²) in [6.45, 7) is 5.78. The highest BCUT2D eigenvalue weighted by Gasteiger charge is 2.24. The Morgan fingerprint density at radius 3 is 2.90 bits per heavy atom. The van der Waals surface area contributed by atoms with Crippen molar-refractivity contribution in [3.63, 3.8) is 0 Å². The van der Waals surface area contributed by atoms with Crippen molar-refractivity contribution in [2.24, 2.45) is 5.92 Å². The van der Waals surface area contributed by atoms with E-state index in [0.717, 1.165) is 26.1 Å². The van der Waals surface area contributed by atoms with E-state index in [4.69, 9.17) is 4.42 Å². The van der Waals surface area contributed by atoms with Gasteiger partial charge in [0.05, 0.1) is 6.54 Å². The van der Waals surface area contributed by atoms with Gasteiger partial charge in [-0.25, -0.2) is 13.1 Å². The van der Waals surface area contributed by atoms with Gasteiger partial charge in [-0.15, -0.1) is 0 Å². The van der Waals surface area contributed by atoms with Gasteiger partial charge >= 0.3 is 0 Å². The van der Waals surface area contributed by atoms with Gasteiger partial charge in [-0.05, 0) is 44.6 Å². The van der Waals surface area contributed by atoms with Gasteiger partial charge in [-0.3, -0.25) is 0 Å². The summed E-state index contributed by atoms with van der Waals surface area (Å²) in [6, 6.07) is 3.20. The molecule has 1 atom stereocenters. The highest BCUT2D eigenvalue weighted by atomic mass is 32.2. The van der Waals surface area contributed by atoms with Crippen molar-refractivity contribution >= 4 is 10.0 Å². The average molecular weight is 301 g/mol. The summed E-state index contributed by atoms with van der Waals surface area (Å²) in [5.74, 6) is 1.01. The van der Waals surface area contributed by atoms with Crippen molar-refractivity contribution in [1.82, 2.24) is 14.9 Å². The Hall–Kier alpha value is -0.890. The van der Waals surface area contributed by atoms with E-state index in [1.54, 1.807) is 6.07 Å². The molecule has 0 amide bonds. The first-order valence-corrected chi connectivity index (χ1v) is 8.47.